The molecule has 7 rings (SSSR count). The summed E-state index contributed by atoms with van der Waals surface area (Å²) in [4.78, 5) is 44.4. The Hall–Kier alpha value is -3.30. The fourth-order valence-electron chi connectivity index (χ4n) is 5.30. The molecule has 224 valence electrons. The van der Waals surface area contributed by atoms with Crippen LogP contribution in [0.2, 0.25) is 0 Å². The summed E-state index contributed by atoms with van der Waals surface area (Å²) in [7, 11) is 0. The summed E-state index contributed by atoms with van der Waals surface area (Å²) in [5.41, 5.74) is 1.69. The molecule has 18 nitrogen and oxygen atoms in total. The maximum Gasteiger partial charge on any atom is 0.387 e. The summed E-state index contributed by atoms with van der Waals surface area (Å²) in [6.45, 7) is -5.42. The molecular weight excluding hydrogens is 611 g/mol. The van der Waals surface area contributed by atoms with Crippen molar-refractivity contribution in [3.8, 4) is 0 Å². The number of H-pyrrole nitrogens is 2. The molecule has 10 atom stereocenters. The van der Waals surface area contributed by atoms with Crippen LogP contribution >= 0.6 is 19.0 Å². The third-order valence-electron chi connectivity index (χ3n) is 7.37. The number of rotatable bonds is 7. The number of thiol groups is 1. The van der Waals surface area contributed by atoms with E-state index in [9.17, 15) is 24.4 Å². The monoisotopic (exact) mass is 631 g/mol. The number of halogens is 2. The first-order valence-electron chi connectivity index (χ1n) is 12.2. The van der Waals surface area contributed by atoms with Crippen LogP contribution in [0, 0.1) is 0 Å². The molecule has 0 aromatic carbocycles. The van der Waals surface area contributed by atoms with E-state index < -0.39 is 79.3 Å². The second-order valence-electron chi connectivity index (χ2n) is 9.82. The van der Waals surface area contributed by atoms with Gasteiger partial charge in [-0.3, -0.25) is 32.8 Å². The first-order valence-corrected chi connectivity index (χ1v) is 14.9. The first-order chi connectivity index (χ1) is 19.9. The van der Waals surface area contributed by atoms with Crippen molar-refractivity contribution < 1.29 is 42.1 Å². The molecule has 0 amide bonds. The molecule has 2 aliphatic heterocycles. The number of nitrogens with two attached hydrogens (primary N) is 1. The number of aromatic nitrogens is 8. The summed E-state index contributed by atoms with van der Waals surface area (Å²) in [5, 5.41) is 20.6. The molecular formula is C20H20F2N9O9PS. The van der Waals surface area contributed by atoms with Crippen LogP contribution in [-0.2, 0) is 23.1 Å². The van der Waals surface area contributed by atoms with E-state index in [4.69, 9.17) is 24.3 Å². The summed E-state index contributed by atoms with van der Waals surface area (Å²) in [6, 6.07) is 0. The molecule has 1 aliphatic carbocycles. The Morgan fingerprint density at radius 1 is 1.10 bits per heavy atom. The highest BCUT2D eigenvalue weighted by Gasteiger charge is 2.80. The molecule has 2 saturated heterocycles. The third kappa shape index (κ3) is 3.96. The molecule has 6 N–H and O–H groups in total. The predicted octanol–water partition coefficient (Wildman–Crippen LogP) is -1.15. The van der Waals surface area contributed by atoms with Gasteiger partial charge in [0.25, 0.3) is 11.1 Å². The normalized spacial score (nSPS) is 35.5. The van der Waals surface area contributed by atoms with Gasteiger partial charge in [0.2, 0.25) is 5.95 Å². The Bertz CT molecular complexity index is 1890. The average Bonchev–Trinajstić information content (AvgIpc) is 3.45. The van der Waals surface area contributed by atoms with E-state index in [1.54, 1.807) is 0 Å². The number of imidazole rings is 2. The van der Waals surface area contributed by atoms with Crippen LogP contribution in [0.3, 0.4) is 0 Å². The van der Waals surface area contributed by atoms with Gasteiger partial charge in [-0.2, -0.15) is 4.98 Å². The largest absolute Gasteiger partial charge is 0.394 e. The van der Waals surface area contributed by atoms with E-state index in [2.05, 4.69) is 42.2 Å². The molecule has 42 heavy (non-hydrogen) atoms. The smallest absolute Gasteiger partial charge is 0.387 e. The quantitative estimate of drug-likeness (QED) is 0.104. The Balaban J connectivity index is 1.11. The summed E-state index contributed by atoms with van der Waals surface area (Å²) >= 11 is 3.90. The maximum atomic E-state index is 15.5. The lowest BCUT2D eigenvalue weighted by Gasteiger charge is -2.26. The minimum Gasteiger partial charge on any atom is -0.394 e. The van der Waals surface area contributed by atoms with E-state index in [1.165, 1.54) is 0 Å². The van der Waals surface area contributed by atoms with Crippen molar-refractivity contribution >= 4 is 47.3 Å². The van der Waals surface area contributed by atoms with Crippen LogP contribution in [0.25, 0.3) is 22.3 Å². The topological polar surface area (TPSA) is 248 Å². The van der Waals surface area contributed by atoms with Gasteiger partial charge in [0.1, 0.15) is 24.4 Å². The molecule has 3 aliphatic rings. The predicted molar refractivity (Wildman–Crippen MR) is 137 cm³/mol. The summed E-state index contributed by atoms with van der Waals surface area (Å²) in [6.07, 6.45) is -10.0. The van der Waals surface area contributed by atoms with E-state index in [-0.39, 0.29) is 28.3 Å². The Morgan fingerprint density at radius 2 is 1.79 bits per heavy atom. The lowest BCUT2D eigenvalue weighted by atomic mass is 10.1. The number of hydrogen-bond acceptors (Lipinski definition) is 14. The van der Waals surface area contributed by atoms with Gasteiger partial charge in [-0.15, -0.1) is 0 Å². The molecule has 3 fully saturated rings. The van der Waals surface area contributed by atoms with E-state index in [0.717, 1.165) is 28.1 Å². The highest BCUT2D eigenvalue weighted by atomic mass is 32.7. The average molecular weight is 631 g/mol. The summed E-state index contributed by atoms with van der Waals surface area (Å²) < 4.78 is 68.2. The zero-order valence-electron chi connectivity index (χ0n) is 20.7. The van der Waals surface area contributed by atoms with Gasteiger partial charge in [0.05, 0.1) is 25.6 Å². The first kappa shape index (κ1) is 27.5. The molecule has 1 unspecified atom stereocenters. The third-order valence-corrected chi connectivity index (χ3v) is 8.93. The van der Waals surface area contributed by atoms with Crippen LogP contribution < -0.4 is 16.9 Å². The van der Waals surface area contributed by atoms with Crippen LogP contribution in [0.4, 0.5) is 14.7 Å². The fraction of sp³-hybridized carbons (Fsp3) is 0.500. The minimum absolute atomic E-state index is 0.00179. The minimum atomic E-state index is -4.61. The number of alkyl halides is 2. The Kier molecular flexibility index (Phi) is 6.13. The highest BCUT2D eigenvalue weighted by molar-refractivity contribution is 8.44. The number of hydrogen-bond donors (Lipinski definition) is 6. The molecule has 0 spiro atoms. The van der Waals surface area contributed by atoms with Gasteiger partial charge in [-0.25, -0.2) is 28.3 Å². The lowest BCUT2D eigenvalue weighted by molar-refractivity contribution is -0.0625. The number of nitrogens with one attached hydrogen (secondary N) is 2. The van der Waals surface area contributed by atoms with Crippen LogP contribution in [0.1, 0.15) is 12.5 Å². The molecule has 4 aromatic heterocycles. The SMILES string of the molecule is Nc1nc2c(ncn2[C@@H]2O[C@H](CO)[C@@H](F)[C@H]2O[P@](=O)(S)OC2[C@H]3O[C@@H](n4cnc5c(=O)[nH]cnc54)[C@@H](F)[C@@]23O)c(=O)[nH]1. The van der Waals surface area contributed by atoms with Crippen LogP contribution in [0.15, 0.2) is 28.6 Å². The summed E-state index contributed by atoms with van der Waals surface area (Å²) in [5.74, 6) is -0.276. The zero-order chi connectivity index (χ0) is 29.7. The molecule has 22 heteroatoms. The van der Waals surface area contributed by atoms with Gasteiger partial charge in [-0.05, 0) is 0 Å². The molecule has 4 aromatic rings. The van der Waals surface area contributed by atoms with Crippen molar-refractivity contribution in [1.82, 2.24) is 39.0 Å². The molecule has 1 saturated carbocycles. The van der Waals surface area contributed by atoms with Gasteiger partial charge in [0.15, 0.2) is 52.7 Å². The van der Waals surface area contributed by atoms with Crippen molar-refractivity contribution in [2.24, 2.45) is 0 Å². The van der Waals surface area contributed by atoms with Crippen LogP contribution in [0.5, 0.6) is 0 Å². The number of aromatic amines is 2. The maximum absolute atomic E-state index is 15.5. The van der Waals surface area contributed by atoms with E-state index in [1.807, 2.05) is 0 Å². The second kappa shape index (κ2) is 9.35. The lowest BCUT2D eigenvalue weighted by Crippen LogP contribution is -2.34. The number of nitrogens with zero attached hydrogens (tertiary/aromatic N) is 6. The number of aliphatic hydroxyl groups is 2. The fourth-order valence-corrected chi connectivity index (χ4v) is 7.07. The number of nitrogen functional groups attached to an aromatic ring is 1. The van der Waals surface area contributed by atoms with Crippen molar-refractivity contribution in [3.05, 3.63) is 39.7 Å². The van der Waals surface area contributed by atoms with Crippen molar-refractivity contribution in [2.75, 3.05) is 12.3 Å². The second-order valence-corrected chi connectivity index (χ2v) is 12.7. The number of ether oxygens (including phenoxy) is 2. The van der Waals surface area contributed by atoms with Gasteiger partial charge < -0.3 is 30.4 Å². The van der Waals surface area contributed by atoms with Crippen molar-refractivity contribution in [1.29, 1.82) is 0 Å². The molecule has 0 bridgehead atoms. The Labute approximate surface area is 235 Å². The van der Waals surface area contributed by atoms with Gasteiger partial charge in [0, 0.05) is 0 Å². The molecule has 0 radical (unpaired) electrons. The Morgan fingerprint density at radius 3 is 2.45 bits per heavy atom. The van der Waals surface area contributed by atoms with Crippen LogP contribution in [-0.4, -0.2) is 98.2 Å². The van der Waals surface area contributed by atoms with Crippen molar-refractivity contribution in [2.45, 2.75) is 54.8 Å². The molecule has 6 heterocycles. The van der Waals surface area contributed by atoms with E-state index >= 15 is 8.78 Å². The van der Waals surface area contributed by atoms with Crippen molar-refractivity contribution in [3.63, 3.8) is 0 Å². The van der Waals surface area contributed by atoms with E-state index in [0.29, 0.717) is 0 Å². The van der Waals surface area contributed by atoms with Gasteiger partial charge in [-0.1, -0.05) is 12.2 Å². The number of aliphatic hydroxyl groups excluding tert-OH is 1. The highest BCUT2D eigenvalue weighted by Crippen LogP contribution is 2.66. The number of anilines is 1. The standard InChI is InChI=1S/C20H20F2N9O9PS/c21-6-5(1-32)37-17(31-4-27-8-14(31)28-19(23)29-16(8)34)9(6)39-41(36,42)40-12-11-20(12,35)10(22)18(38-11)30-3-26-7-13(30)24-2-25-15(7)33/h2-6,9-12,17-18,32,35H,1H2,(H,36,42)(H,24,25,33)(H3,23,28,29,34)/t5-,6-,9-,10-,11-,12?,17-,18-,20+,41+/m1/s1. The van der Waals surface area contributed by atoms with Gasteiger partial charge >= 0.3 is 6.80 Å². The zero-order valence-corrected chi connectivity index (χ0v) is 22.5. The number of fused-ring (bicyclic) bond motifs is 3.